The van der Waals surface area contributed by atoms with E-state index in [1.165, 1.54) is 4.88 Å². The molecule has 19 heavy (non-hydrogen) atoms. The van der Waals surface area contributed by atoms with Crippen LogP contribution in [-0.2, 0) is 17.8 Å². The van der Waals surface area contributed by atoms with Crippen LogP contribution in [0.2, 0.25) is 0 Å². The van der Waals surface area contributed by atoms with Gasteiger partial charge < -0.3 is 4.74 Å². The molecule has 2 radical (unpaired) electrons. The van der Waals surface area contributed by atoms with Gasteiger partial charge in [-0.1, -0.05) is 6.07 Å². The fraction of sp³-hybridized carbons (Fsp3) is 0.462. The Labute approximate surface area is 118 Å². The number of nitrogens with zero attached hydrogens (tertiary/aromatic N) is 3. The molecule has 2 aromatic heterocycles. The minimum Gasteiger partial charge on any atom is -0.374 e. The molecule has 1 unspecified atom stereocenters. The van der Waals surface area contributed by atoms with Gasteiger partial charge in [0.25, 0.3) is 0 Å². The average Bonchev–Trinajstić information content (AvgIpc) is 3.02. The summed E-state index contributed by atoms with van der Waals surface area (Å²) in [5, 5.41) is 4.23. The molecule has 0 saturated carbocycles. The van der Waals surface area contributed by atoms with Crippen LogP contribution in [-0.4, -0.2) is 48.3 Å². The van der Waals surface area contributed by atoms with Gasteiger partial charge in [0.15, 0.2) is 0 Å². The quantitative estimate of drug-likeness (QED) is 0.766. The molecular formula is C13H16BN3OS. The second kappa shape index (κ2) is 5.90. The highest BCUT2D eigenvalue weighted by Crippen LogP contribution is 2.14. The van der Waals surface area contributed by atoms with Gasteiger partial charge in [-0.15, -0.1) is 0 Å². The van der Waals surface area contributed by atoms with Gasteiger partial charge >= 0.3 is 0 Å². The van der Waals surface area contributed by atoms with E-state index in [0.717, 1.165) is 37.6 Å². The van der Waals surface area contributed by atoms with E-state index in [-0.39, 0.29) is 6.10 Å². The Morgan fingerprint density at radius 3 is 3.16 bits per heavy atom. The lowest BCUT2D eigenvalue weighted by Crippen LogP contribution is -2.43. The van der Waals surface area contributed by atoms with Crippen molar-refractivity contribution >= 4 is 24.0 Å². The fourth-order valence-corrected chi connectivity index (χ4v) is 3.17. The van der Waals surface area contributed by atoms with Crippen molar-refractivity contribution in [1.29, 1.82) is 0 Å². The van der Waals surface area contributed by atoms with Crippen LogP contribution in [0.3, 0.4) is 0 Å². The van der Waals surface area contributed by atoms with Crippen molar-refractivity contribution in [2.24, 2.45) is 0 Å². The molecule has 3 heterocycles. The van der Waals surface area contributed by atoms with Crippen molar-refractivity contribution in [3.8, 4) is 0 Å². The number of hydrogen-bond donors (Lipinski definition) is 0. The number of hydrogen-bond acceptors (Lipinski definition) is 4. The first-order chi connectivity index (χ1) is 9.29. The van der Waals surface area contributed by atoms with E-state index in [9.17, 15) is 0 Å². The zero-order valence-corrected chi connectivity index (χ0v) is 11.6. The Kier molecular flexibility index (Phi) is 4.01. The first kappa shape index (κ1) is 12.9. The molecule has 0 bridgehead atoms. The third-order valence-electron chi connectivity index (χ3n) is 3.23. The van der Waals surface area contributed by atoms with Crippen LogP contribution in [0.4, 0.5) is 0 Å². The lowest BCUT2D eigenvalue weighted by molar-refractivity contribution is -0.0399. The Hall–Kier alpha value is -1.11. The zero-order valence-electron chi connectivity index (χ0n) is 10.7. The third kappa shape index (κ3) is 3.46. The zero-order chi connectivity index (χ0) is 13.1. The van der Waals surface area contributed by atoms with E-state index in [4.69, 9.17) is 12.6 Å². The normalized spacial score (nSPS) is 20.7. The average molecular weight is 273 g/mol. The van der Waals surface area contributed by atoms with Crippen molar-refractivity contribution in [3.05, 3.63) is 35.5 Å². The van der Waals surface area contributed by atoms with Crippen molar-refractivity contribution in [2.45, 2.75) is 19.2 Å². The molecule has 1 fully saturated rings. The van der Waals surface area contributed by atoms with Crippen molar-refractivity contribution in [1.82, 2.24) is 14.7 Å². The van der Waals surface area contributed by atoms with Crippen LogP contribution >= 0.6 is 11.3 Å². The van der Waals surface area contributed by atoms with Crippen LogP contribution in [0, 0.1) is 0 Å². The summed E-state index contributed by atoms with van der Waals surface area (Å²) in [5.74, 6) is 0. The highest BCUT2D eigenvalue weighted by molar-refractivity contribution is 7.20. The highest BCUT2D eigenvalue weighted by atomic mass is 32.1. The van der Waals surface area contributed by atoms with Crippen molar-refractivity contribution in [2.75, 3.05) is 19.7 Å². The van der Waals surface area contributed by atoms with Crippen molar-refractivity contribution in [3.63, 3.8) is 0 Å². The van der Waals surface area contributed by atoms with E-state index in [1.807, 2.05) is 23.0 Å². The van der Waals surface area contributed by atoms with Crippen LogP contribution in [0.15, 0.2) is 30.6 Å². The minimum absolute atomic E-state index is 0.214. The molecule has 1 saturated heterocycles. The Bertz CT molecular complexity index is 514. The molecule has 4 nitrogen and oxygen atoms in total. The lowest BCUT2D eigenvalue weighted by atomic mass is 10.1. The minimum atomic E-state index is 0.214. The topological polar surface area (TPSA) is 30.3 Å². The maximum Gasteiger partial charge on any atom is 0.128 e. The molecule has 0 aliphatic carbocycles. The van der Waals surface area contributed by atoms with E-state index in [2.05, 4.69) is 16.1 Å². The van der Waals surface area contributed by atoms with E-state index >= 15 is 0 Å². The number of aromatic nitrogens is 2. The van der Waals surface area contributed by atoms with E-state index in [1.54, 1.807) is 17.5 Å². The summed E-state index contributed by atoms with van der Waals surface area (Å²) in [7, 11) is 5.77. The van der Waals surface area contributed by atoms with Gasteiger partial charge in [0.05, 0.1) is 19.3 Å². The second-order valence-corrected chi connectivity index (χ2v) is 5.96. The SMILES string of the molecule is [B]c1ccc(CN2CCOC(Cn3cccn3)C2)s1. The molecule has 2 aromatic rings. The summed E-state index contributed by atoms with van der Waals surface area (Å²) in [6.07, 6.45) is 3.99. The summed E-state index contributed by atoms with van der Waals surface area (Å²) in [6.45, 7) is 4.48. The van der Waals surface area contributed by atoms with Crippen LogP contribution in [0.1, 0.15) is 4.88 Å². The van der Waals surface area contributed by atoms with Gasteiger partial charge in [-0.25, -0.2) is 0 Å². The predicted molar refractivity (Wildman–Crippen MR) is 77.0 cm³/mol. The largest absolute Gasteiger partial charge is 0.374 e. The summed E-state index contributed by atoms with van der Waals surface area (Å²) in [6, 6.07) is 6.02. The Morgan fingerprint density at radius 2 is 2.42 bits per heavy atom. The van der Waals surface area contributed by atoms with Gasteiger partial charge in [0.2, 0.25) is 0 Å². The monoisotopic (exact) mass is 273 g/mol. The van der Waals surface area contributed by atoms with Gasteiger partial charge in [0, 0.05) is 36.9 Å². The maximum atomic E-state index is 5.80. The smallest absolute Gasteiger partial charge is 0.128 e. The molecule has 0 amide bonds. The summed E-state index contributed by atoms with van der Waals surface area (Å²) in [4.78, 5) is 3.74. The van der Waals surface area contributed by atoms with Gasteiger partial charge in [0.1, 0.15) is 7.85 Å². The molecule has 98 valence electrons. The number of morpholine rings is 1. The Morgan fingerprint density at radius 1 is 1.47 bits per heavy atom. The Balaban J connectivity index is 1.55. The molecule has 1 aliphatic rings. The summed E-state index contributed by atoms with van der Waals surface area (Å²) in [5.41, 5.74) is 0. The van der Waals surface area contributed by atoms with Gasteiger partial charge in [-0.3, -0.25) is 9.58 Å². The number of rotatable bonds is 4. The summed E-state index contributed by atoms with van der Waals surface area (Å²) >= 11 is 1.67. The lowest BCUT2D eigenvalue weighted by Gasteiger charge is -2.32. The molecule has 0 aromatic carbocycles. The maximum absolute atomic E-state index is 5.80. The van der Waals surface area contributed by atoms with Crippen LogP contribution < -0.4 is 4.78 Å². The molecule has 3 rings (SSSR count). The molecule has 0 N–H and O–H groups in total. The molecule has 6 heteroatoms. The number of ether oxygens (including phenoxy) is 1. The molecule has 1 atom stereocenters. The highest BCUT2D eigenvalue weighted by Gasteiger charge is 2.21. The predicted octanol–water partition coefficient (Wildman–Crippen LogP) is 0.639. The second-order valence-electron chi connectivity index (χ2n) is 4.76. The molecule has 1 aliphatic heterocycles. The van der Waals surface area contributed by atoms with Gasteiger partial charge in [-0.05, 0) is 16.9 Å². The molecule has 0 spiro atoms. The third-order valence-corrected chi connectivity index (χ3v) is 4.13. The fourth-order valence-electron chi connectivity index (χ4n) is 2.35. The first-order valence-electron chi connectivity index (χ1n) is 6.45. The van der Waals surface area contributed by atoms with Crippen LogP contribution in [0.5, 0.6) is 0 Å². The van der Waals surface area contributed by atoms with E-state index in [0.29, 0.717) is 0 Å². The van der Waals surface area contributed by atoms with Crippen LogP contribution in [0.25, 0.3) is 0 Å². The van der Waals surface area contributed by atoms with Crippen molar-refractivity contribution < 1.29 is 4.74 Å². The van der Waals surface area contributed by atoms with Gasteiger partial charge in [-0.2, -0.15) is 16.4 Å². The molecular weight excluding hydrogens is 257 g/mol. The van der Waals surface area contributed by atoms with E-state index < -0.39 is 0 Å². The standard InChI is InChI=1S/C13H16BN3OS/c14-13-3-2-12(19-13)10-16-6-7-18-11(8-16)9-17-5-1-4-15-17/h1-5,11H,6-10H2. The summed E-state index contributed by atoms with van der Waals surface area (Å²) < 4.78 is 8.61. The first-order valence-corrected chi connectivity index (χ1v) is 7.27. The number of thiophene rings is 1.